The summed E-state index contributed by atoms with van der Waals surface area (Å²) >= 11 is 2.10. The Morgan fingerprint density at radius 1 is 1.50 bits per heavy atom. The zero-order valence-corrected chi connectivity index (χ0v) is 7.92. The van der Waals surface area contributed by atoms with Crippen LogP contribution in [0.3, 0.4) is 0 Å². The third kappa shape index (κ3) is 1.48. The predicted molar refractivity (Wildman–Crippen MR) is 48.4 cm³/mol. The van der Waals surface area contributed by atoms with Gasteiger partial charge in [0.1, 0.15) is 0 Å². The highest BCUT2D eigenvalue weighted by molar-refractivity contribution is 8.01. The Morgan fingerprint density at radius 3 is 2.30 bits per heavy atom. The Balaban J connectivity index is 2.51. The molecular formula is C8H17NS. The number of rotatable bonds is 2. The minimum absolute atomic E-state index is 0.416. The van der Waals surface area contributed by atoms with Crippen LogP contribution in [0.4, 0.5) is 0 Å². The van der Waals surface area contributed by atoms with Crippen LogP contribution in [-0.4, -0.2) is 16.7 Å². The summed E-state index contributed by atoms with van der Waals surface area (Å²) in [6, 6.07) is 0. The second-order valence-corrected chi connectivity index (χ2v) is 4.83. The van der Waals surface area contributed by atoms with Crippen molar-refractivity contribution in [3.8, 4) is 0 Å². The number of thioether (sulfide) groups is 1. The van der Waals surface area contributed by atoms with Gasteiger partial charge in [-0.15, -0.1) is 11.8 Å². The second kappa shape index (κ2) is 3.14. The molecule has 1 aliphatic heterocycles. The molecule has 10 heavy (non-hydrogen) atoms. The van der Waals surface area contributed by atoms with Crippen molar-refractivity contribution in [3.05, 3.63) is 0 Å². The van der Waals surface area contributed by atoms with Crippen molar-refractivity contribution in [2.24, 2.45) is 0 Å². The third-order valence-electron chi connectivity index (χ3n) is 2.28. The van der Waals surface area contributed by atoms with E-state index in [4.69, 9.17) is 0 Å². The highest BCUT2D eigenvalue weighted by Crippen LogP contribution is 2.37. The SMILES string of the molecule is CCC1(CC)NCC(C)S1. The molecule has 0 spiro atoms. The van der Waals surface area contributed by atoms with Gasteiger partial charge in [-0.3, -0.25) is 0 Å². The fourth-order valence-corrected chi connectivity index (χ4v) is 2.90. The van der Waals surface area contributed by atoms with Gasteiger partial charge in [0.15, 0.2) is 0 Å². The quantitative estimate of drug-likeness (QED) is 0.663. The summed E-state index contributed by atoms with van der Waals surface area (Å²) in [7, 11) is 0. The van der Waals surface area contributed by atoms with Gasteiger partial charge in [0.2, 0.25) is 0 Å². The zero-order chi connectivity index (χ0) is 7.61. The molecule has 1 nitrogen and oxygen atoms in total. The molecule has 0 aromatic carbocycles. The molecule has 0 aromatic rings. The first-order valence-electron chi connectivity index (χ1n) is 4.15. The van der Waals surface area contributed by atoms with E-state index >= 15 is 0 Å². The van der Waals surface area contributed by atoms with Gasteiger partial charge in [-0.1, -0.05) is 20.8 Å². The summed E-state index contributed by atoms with van der Waals surface area (Å²) in [5.41, 5.74) is 0. The van der Waals surface area contributed by atoms with Gasteiger partial charge in [0.05, 0.1) is 4.87 Å². The van der Waals surface area contributed by atoms with Gasteiger partial charge < -0.3 is 5.32 Å². The van der Waals surface area contributed by atoms with Crippen molar-refractivity contribution in [1.29, 1.82) is 0 Å². The molecule has 2 heteroatoms. The van der Waals surface area contributed by atoms with Crippen LogP contribution in [0.15, 0.2) is 0 Å². The number of hydrogen-bond donors (Lipinski definition) is 1. The van der Waals surface area contributed by atoms with Crippen LogP contribution < -0.4 is 5.32 Å². The molecule has 60 valence electrons. The van der Waals surface area contributed by atoms with Crippen LogP contribution in [0, 0.1) is 0 Å². The first-order chi connectivity index (χ1) is 4.72. The van der Waals surface area contributed by atoms with Crippen LogP contribution in [0.2, 0.25) is 0 Å². The van der Waals surface area contributed by atoms with Crippen molar-refractivity contribution >= 4 is 11.8 Å². The highest BCUT2D eigenvalue weighted by atomic mass is 32.2. The lowest BCUT2D eigenvalue weighted by molar-refractivity contribution is 0.468. The van der Waals surface area contributed by atoms with E-state index in [0.717, 1.165) is 5.25 Å². The van der Waals surface area contributed by atoms with Gasteiger partial charge in [0.25, 0.3) is 0 Å². The van der Waals surface area contributed by atoms with Crippen LogP contribution in [0.25, 0.3) is 0 Å². The van der Waals surface area contributed by atoms with Crippen molar-refractivity contribution in [1.82, 2.24) is 5.32 Å². The molecule has 1 saturated heterocycles. The molecule has 1 rings (SSSR count). The Hall–Kier alpha value is 0.310. The lowest BCUT2D eigenvalue weighted by Crippen LogP contribution is -2.35. The molecule has 1 fully saturated rings. The Labute approximate surface area is 68.0 Å². The molecular weight excluding hydrogens is 142 g/mol. The maximum Gasteiger partial charge on any atom is 0.0643 e. The van der Waals surface area contributed by atoms with Gasteiger partial charge in [-0.05, 0) is 12.8 Å². The maximum atomic E-state index is 3.58. The van der Waals surface area contributed by atoms with E-state index in [1.54, 1.807) is 0 Å². The highest BCUT2D eigenvalue weighted by Gasteiger charge is 2.33. The van der Waals surface area contributed by atoms with E-state index in [1.165, 1.54) is 19.4 Å². The van der Waals surface area contributed by atoms with E-state index < -0.39 is 0 Å². The molecule has 0 bridgehead atoms. The third-order valence-corrected chi connectivity index (χ3v) is 4.02. The van der Waals surface area contributed by atoms with E-state index in [0.29, 0.717) is 4.87 Å². The normalized spacial score (nSPS) is 30.9. The largest absolute Gasteiger partial charge is 0.302 e. The lowest BCUT2D eigenvalue weighted by atomic mass is 10.1. The van der Waals surface area contributed by atoms with Crippen molar-refractivity contribution in [2.75, 3.05) is 6.54 Å². The molecule has 1 atom stereocenters. The molecule has 0 aromatic heterocycles. The van der Waals surface area contributed by atoms with Gasteiger partial charge >= 0.3 is 0 Å². The first-order valence-corrected chi connectivity index (χ1v) is 5.03. The number of nitrogens with one attached hydrogen (secondary N) is 1. The molecule has 0 amide bonds. The molecule has 0 aliphatic carbocycles. The number of hydrogen-bond acceptors (Lipinski definition) is 2. The molecule has 1 unspecified atom stereocenters. The minimum Gasteiger partial charge on any atom is -0.302 e. The van der Waals surface area contributed by atoms with Crippen molar-refractivity contribution < 1.29 is 0 Å². The average molecular weight is 159 g/mol. The Kier molecular flexibility index (Phi) is 2.64. The molecule has 1 N–H and O–H groups in total. The van der Waals surface area contributed by atoms with Crippen molar-refractivity contribution in [3.63, 3.8) is 0 Å². The topological polar surface area (TPSA) is 12.0 Å². The average Bonchev–Trinajstić information content (AvgIpc) is 2.33. The summed E-state index contributed by atoms with van der Waals surface area (Å²) < 4.78 is 0. The van der Waals surface area contributed by atoms with Gasteiger partial charge in [-0.2, -0.15) is 0 Å². The van der Waals surface area contributed by atoms with Crippen molar-refractivity contribution in [2.45, 2.75) is 43.7 Å². The Morgan fingerprint density at radius 2 is 2.10 bits per heavy atom. The van der Waals surface area contributed by atoms with Crippen LogP contribution in [0.5, 0.6) is 0 Å². The first kappa shape index (κ1) is 8.41. The summed E-state index contributed by atoms with van der Waals surface area (Å²) in [6.45, 7) is 8.01. The smallest absolute Gasteiger partial charge is 0.0643 e. The summed E-state index contributed by atoms with van der Waals surface area (Å²) in [5.74, 6) is 0. The second-order valence-electron chi connectivity index (χ2n) is 3.01. The van der Waals surface area contributed by atoms with Crippen LogP contribution in [0.1, 0.15) is 33.6 Å². The standard InChI is InChI=1S/C8H17NS/c1-4-8(5-2)9-6-7(3)10-8/h7,9H,4-6H2,1-3H3. The molecule has 1 heterocycles. The Bertz CT molecular complexity index is 110. The minimum atomic E-state index is 0.416. The summed E-state index contributed by atoms with van der Waals surface area (Å²) in [4.78, 5) is 0.416. The summed E-state index contributed by atoms with van der Waals surface area (Å²) in [5, 5.41) is 4.39. The van der Waals surface area contributed by atoms with Crippen LogP contribution >= 0.6 is 11.8 Å². The lowest BCUT2D eigenvalue weighted by Gasteiger charge is -2.25. The van der Waals surface area contributed by atoms with Gasteiger partial charge in [0, 0.05) is 11.8 Å². The fraction of sp³-hybridized carbons (Fsp3) is 1.00. The maximum absolute atomic E-state index is 3.58. The molecule has 0 radical (unpaired) electrons. The van der Waals surface area contributed by atoms with Gasteiger partial charge in [-0.25, -0.2) is 0 Å². The molecule has 1 aliphatic rings. The monoisotopic (exact) mass is 159 g/mol. The van der Waals surface area contributed by atoms with E-state index in [9.17, 15) is 0 Å². The van der Waals surface area contributed by atoms with E-state index in [2.05, 4.69) is 37.8 Å². The molecule has 0 saturated carbocycles. The fourth-order valence-electron chi connectivity index (χ4n) is 1.46. The van der Waals surface area contributed by atoms with Crippen LogP contribution in [-0.2, 0) is 0 Å². The summed E-state index contributed by atoms with van der Waals surface area (Å²) in [6.07, 6.45) is 2.50. The van der Waals surface area contributed by atoms with E-state index in [1.807, 2.05) is 0 Å². The van der Waals surface area contributed by atoms with E-state index in [-0.39, 0.29) is 0 Å². The zero-order valence-electron chi connectivity index (χ0n) is 7.11. The predicted octanol–water partition coefficient (Wildman–Crippen LogP) is 2.23.